The number of para-hydroxylation sites is 1. The highest BCUT2D eigenvalue weighted by Gasteiger charge is 2.02. The van der Waals surface area contributed by atoms with Crippen molar-refractivity contribution in [3.63, 3.8) is 0 Å². The van der Waals surface area contributed by atoms with Gasteiger partial charge in [0.2, 0.25) is 0 Å². The van der Waals surface area contributed by atoms with E-state index in [-0.39, 0.29) is 6.04 Å². The minimum Gasteiger partial charge on any atom is -0.492 e. The number of hydrogen-bond donors (Lipinski definition) is 1. The van der Waals surface area contributed by atoms with E-state index in [0.29, 0.717) is 6.61 Å². The standard InChI is InChI=1S/C12H19NO/c1-2-3-7-11(13)10-14-12-8-5-4-6-9-12/h4-6,8-9,11H,2-3,7,10,13H2,1H3. The summed E-state index contributed by atoms with van der Waals surface area (Å²) in [6, 6.07) is 9.97. The highest BCUT2D eigenvalue weighted by atomic mass is 16.5. The van der Waals surface area contributed by atoms with Gasteiger partial charge >= 0.3 is 0 Å². The normalized spacial score (nSPS) is 12.4. The van der Waals surface area contributed by atoms with Crippen LogP contribution in [0.25, 0.3) is 0 Å². The maximum atomic E-state index is 5.88. The molecule has 0 fully saturated rings. The molecule has 0 saturated heterocycles. The molecule has 2 nitrogen and oxygen atoms in total. The minimum absolute atomic E-state index is 0.162. The number of ether oxygens (including phenoxy) is 1. The smallest absolute Gasteiger partial charge is 0.119 e. The molecular formula is C12H19NO. The molecule has 0 saturated carbocycles. The predicted octanol–water partition coefficient (Wildman–Crippen LogP) is 2.58. The third kappa shape index (κ3) is 4.28. The Balaban J connectivity index is 2.20. The fourth-order valence-corrected chi connectivity index (χ4v) is 1.27. The van der Waals surface area contributed by atoms with Gasteiger partial charge in [-0.1, -0.05) is 38.0 Å². The van der Waals surface area contributed by atoms with Crippen LogP contribution in [0.1, 0.15) is 26.2 Å². The van der Waals surface area contributed by atoms with Crippen molar-refractivity contribution in [2.75, 3.05) is 6.61 Å². The lowest BCUT2D eigenvalue weighted by molar-refractivity contribution is 0.280. The van der Waals surface area contributed by atoms with E-state index in [2.05, 4.69) is 6.92 Å². The van der Waals surface area contributed by atoms with Gasteiger partial charge in [-0.3, -0.25) is 0 Å². The topological polar surface area (TPSA) is 35.2 Å². The van der Waals surface area contributed by atoms with Crippen LogP contribution in [0.5, 0.6) is 5.75 Å². The van der Waals surface area contributed by atoms with Crippen LogP contribution in [-0.4, -0.2) is 12.6 Å². The molecular weight excluding hydrogens is 174 g/mol. The van der Waals surface area contributed by atoms with Gasteiger partial charge in [-0.2, -0.15) is 0 Å². The van der Waals surface area contributed by atoms with Gasteiger partial charge in [0.15, 0.2) is 0 Å². The lowest BCUT2D eigenvalue weighted by Gasteiger charge is -2.12. The molecule has 0 aliphatic rings. The molecule has 0 bridgehead atoms. The highest BCUT2D eigenvalue weighted by Crippen LogP contribution is 2.09. The molecule has 2 N–H and O–H groups in total. The molecule has 1 atom stereocenters. The minimum atomic E-state index is 0.162. The monoisotopic (exact) mass is 193 g/mol. The number of rotatable bonds is 6. The summed E-state index contributed by atoms with van der Waals surface area (Å²) in [5, 5.41) is 0. The Morgan fingerprint density at radius 2 is 2.00 bits per heavy atom. The summed E-state index contributed by atoms with van der Waals surface area (Å²) in [6.07, 6.45) is 3.42. The molecule has 78 valence electrons. The quantitative estimate of drug-likeness (QED) is 0.753. The second kappa shape index (κ2) is 6.44. The Hall–Kier alpha value is -1.02. The molecule has 1 unspecified atom stereocenters. The molecule has 0 aromatic heterocycles. The third-order valence-electron chi connectivity index (χ3n) is 2.14. The highest BCUT2D eigenvalue weighted by molar-refractivity contribution is 5.20. The van der Waals surface area contributed by atoms with Gasteiger partial charge in [-0.05, 0) is 18.6 Å². The summed E-state index contributed by atoms with van der Waals surface area (Å²) < 4.78 is 5.54. The lowest BCUT2D eigenvalue weighted by atomic mass is 10.1. The van der Waals surface area contributed by atoms with Crippen LogP contribution >= 0.6 is 0 Å². The fourth-order valence-electron chi connectivity index (χ4n) is 1.27. The number of unbranched alkanes of at least 4 members (excludes halogenated alkanes) is 1. The second-order valence-corrected chi connectivity index (χ2v) is 3.53. The zero-order valence-corrected chi connectivity index (χ0v) is 8.78. The zero-order valence-electron chi connectivity index (χ0n) is 8.78. The van der Waals surface area contributed by atoms with Crippen LogP contribution in [0.3, 0.4) is 0 Å². The Morgan fingerprint density at radius 1 is 1.29 bits per heavy atom. The maximum Gasteiger partial charge on any atom is 0.119 e. The molecule has 1 aromatic carbocycles. The summed E-state index contributed by atoms with van der Waals surface area (Å²) in [6.45, 7) is 2.79. The van der Waals surface area contributed by atoms with Crippen LogP contribution in [0, 0.1) is 0 Å². The molecule has 0 amide bonds. The van der Waals surface area contributed by atoms with E-state index in [4.69, 9.17) is 10.5 Å². The molecule has 0 radical (unpaired) electrons. The van der Waals surface area contributed by atoms with Gasteiger partial charge in [-0.25, -0.2) is 0 Å². The largest absolute Gasteiger partial charge is 0.492 e. The Bertz CT molecular complexity index is 235. The Kier molecular flexibility index (Phi) is 5.08. The van der Waals surface area contributed by atoms with Crippen molar-refractivity contribution < 1.29 is 4.74 Å². The van der Waals surface area contributed by atoms with Gasteiger partial charge in [-0.15, -0.1) is 0 Å². The first-order valence-electron chi connectivity index (χ1n) is 5.26. The van der Waals surface area contributed by atoms with Crippen molar-refractivity contribution in [1.82, 2.24) is 0 Å². The van der Waals surface area contributed by atoms with Gasteiger partial charge in [0, 0.05) is 6.04 Å². The van der Waals surface area contributed by atoms with Gasteiger partial charge in [0.1, 0.15) is 12.4 Å². The van der Waals surface area contributed by atoms with E-state index < -0.39 is 0 Å². The average Bonchev–Trinajstić information content (AvgIpc) is 2.25. The molecule has 0 spiro atoms. The van der Waals surface area contributed by atoms with Crippen LogP contribution in [0.15, 0.2) is 30.3 Å². The van der Waals surface area contributed by atoms with E-state index in [1.54, 1.807) is 0 Å². The summed E-state index contributed by atoms with van der Waals surface area (Å²) in [5.41, 5.74) is 5.88. The van der Waals surface area contributed by atoms with E-state index in [0.717, 1.165) is 12.2 Å². The maximum absolute atomic E-state index is 5.88. The average molecular weight is 193 g/mol. The molecule has 2 heteroatoms. The first-order valence-corrected chi connectivity index (χ1v) is 5.26. The van der Waals surface area contributed by atoms with Crippen molar-refractivity contribution in [3.05, 3.63) is 30.3 Å². The van der Waals surface area contributed by atoms with Crippen molar-refractivity contribution in [1.29, 1.82) is 0 Å². The number of nitrogens with two attached hydrogens (primary N) is 1. The van der Waals surface area contributed by atoms with Crippen LogP contribution in [-0.2, 0) is 0 Å². The van der Waals surface area contributed by atoms with E-state index in [1.807, 2.05) is 30.3 Å². The predicted molar refractivity (Wildman–Crippen MR) is 59.4 cm³/mol. The van der Waals surface area contributed by atoms with Gasteiger partial charge in [0.25, 0.3) is 0 Å². The van der Waals surface area contributed by atoms with E-state index in [9.17, 15) is 0 Å². The summed E-state index contributed by atoms with van der Waals surface area (Å²) in [5.74, 6) is 0.902. The summed E-state index contributed by atoms with van der Waals surface area (Å²) in [4.78, 5) is 0. The molecule has 1 aromatic rings. The molecule has 0 aliphatic heterocycles. The van der Waals surface area contributed by atoms with Crippen molar-refractivity contribution in [2.45, 2.75) is 32.2 Å². The first-order chi connectivity index (χ1) is 6.83. The van der Waals surface area contributed by atoms with Crippen LogP contribution in [0.2, 0.25) is 0 Å². The summed E-state index contributed by atoms with van der Waals surface area (Å²) >= 11 is 0. The van der Waals surface area contributed by atoms with Crippen LogP contribution < -0.4 is 10.5 Å². The van der Waals surface area contributed by atoms with E-state index >= 15 is 0 Å². The third-order valence-corrected chi connectivity index (χ3v) is 2.14. The van der Waals surface area contributed by atoms with Crippen molar-refractivity contribution in [2.24, 2.45) is 5.73 Å². The Labute approximate surface area is 86.1 Å². The second-order valence-electron chi connectivity index (χ2n) is 3.53. The van der Waals surface area contributed by atoms with Gasteiger partial charge in [0.05, 0.1) is 0 Å². The number of hydrogen-bond acceptors (Lipinski definition) is 2. The van der Waals surface area contributed by atoms with E-state index in [1.165, 1.54) is 12.8 Å². The van der Waals surface area contributed by atoms with Crippen LogP contribution in [0.4, 0.5) is 0 Å². The first kappa shape index (κ1) is 11.1. The lowest BCUT2D eigenvalue weighted by Crippen LogP contribution is -2.27. The van der Waals surface area contributed by atoms with Crippen molar-refractivity contribution >= 4 is 0 Å². The molecule has 0 heterocycles. The molecule has 1 rings (SSSR count). The summed E-state index contributed by atoms with van der Waals surface area (Å²) in [7, 11) is 0. The zero-order chi connectivity index (χ0) is 10.2. The van der Waals surface area contributed by atoms with Gasteiger partial charge < -0.3 is 10.5 Å². The number of benzene rings is 1. The molecule has 14 heavy (non-hydrogen) atoms. The SMILES string of the molecule is CCCCC(N)COc1ccccc1. The fraction of sp³-hybridized carbons (Fsp3) is 0.500. The van der Waals surface area contributed by atoms with Crippen molar-refractivity contribution in [3.8, 4) is 5.75 Å². The molecule has 0 aliphatic carbocycles. The Morgan fingerprint density at radius 3 is 2.64 bits per heavy atom.